The number of halogens is 2. The summed E-state index contributed by atoms with van der Waals surface area (Å²) >= 11 is -1.75. The van der Waals surface area contributed by atoms with Crippen LogP contribution in [0.15, 0.2) is 0 Å². The molecule has 0 saturated heterocycles. The SMILES string of the molecule is CCC(CC)(CC)[I-]C(F)(C(=O)[O-])C(=O)[O-].[NH4+].[NH4+]. The van der Waals surface area contributed by atoms with Crippen LogP contribution in [-0.4, -0.2) is 19.0 Å². The van der Waals surface area contributed by atoms with Crippen LogP contribution in [0.4, 0.5) is 4.39 Å². The van der Waals surface area contributed by atoms with Gasteiger partial charge in [0.1, 0.15) is 0 Å². The number of hydrogen-bond donors (Lipinski definition) is 2. The van der Waals surface area contributed by atoms with E-state index in [0.717, 1.165) is 0 Å². The fourth-order valence-corrected chi connectivity index (χ4v) is 4.55. The van der Waals surface area contributed by atoms with E-state index in [-0.39, 0.29) is 12.3 Å². The molecule has 0 aliphatic carbocycles. The number of carbonyl (C=O) groups is 2. The fraction of sp³-hybridized carbons (Fsp3) is 0.800. The Hall–Kier alpha value is -0.480. The molecule has 8 heteroatoms. The topological polar surface area (TPSA) is 153 Å². The van der Waals surface area contributed by atoms with Crippen LogP contribution < -0.4 is 43.7 Å². The number of carboxylic acid groups (broad SMARTS) is 2. The molecule has 6 nitrogen and oxygen atoms in total. The summed E-state index contributed by atoms with van der Waals surface area (Å²) in [6, 6.07) is 0. The van der Waals surface area contributed by atoms with Gasteiger partial charge in [-0.15, -0.1) is 0 Å². The van der Waals surface area contributed by atoms with Crippen molar-refractivity contribution in [1.29, 1.82) is 0 Å². The molecule has 0 radical (unpaired) electrons. The maximum Gasteiger partial charge on any atom is -0.369 e. The number of carbonyl (C=O) groups excluding carboxylic acids is 2. The monoisotopic (exact) mass is 381 g/mol. The third-order valence-electron chi connectivity index (χ3n) is 2.74. The summed E-state index contributed by atoms with van der Waals surface area (Å²) in [5, 5.41) is 21.2. The molecule has 0 aliphatic heterocycles. The van der Waals surface area contributed by atoms with Crippen LogP contribution in [0.3, 0.4) is 0 Å². The molecule has 0 saturated carbocycles. The Morgan fingerprint density at radius 1 is 1.00 bits per heavy atom. The van der Waals surface area contributed by atoms with Crippen LogP contribution in [0.5, 0.6) is 0 Å². The molecule has 0 fully saturated rings. The van der Waals surface area contributed by atoms with Crippen LogP contribution in [-0.2, 0) is 9.59 Å². The quantitative estimate of drug-likeness (QED) is 0.273. The van der Waals surface area contributed by atoms with Crippen molar-refractivity contribution in [3.8, 4) is 0 Å². The second-order valence-corrected chi connectivity index (χ2v) is 7.77. The second kappa shape index (κ2) is 8.59. The van der Waals surface area contributed by atoms with Gasteiger partial charge in [-0.25, -0.2) is 0 Å². The first-order valence-electron chi connectivity index (χ1n) is 5.07. The zero-order chi connectivity index (χ0) is 13.0. The van der Waals surface area contributed by atoms with Gasteiger partial charge in [0.2, 0.25) is 0 Å². The summed E-state index contributed by atoms with van der Waals surface area (Å²) in [4.78, 5) is 21.2. The Morgan fingerprint density at radius 3 is 1.44 bits per heavy atom. The molecule has 0 aromatic rings. The third-order valence-corrected chi connectivity index (χ3v) is 7.80. The van der Waals surface area contributed by atoms with E-state index in [1.54, 1.807) is 20.8 Å². The van der Waals surface area contributed by atoms with E-state index in [9.17, 15) is 24.2 Å². The van der Waals surface area contributed by atoms with Gasteiger partial charge in [-0.2, -0.15) is 0 Å². The molecule has 0 unspecified atom stereocenters. The van der Waals surface area contributed by atoms with Crippen molar-refractivity contribution in [2.75, 3.05) is 0 Å². The van der Waals surface area contributed by atoms with E-state index < -0.39 is 40.2 Å². The molecule has 0 bridgehead atoms. The Bertz CT molecular complexity index is 263. The van der Waals surface area contributed by atoms with Crippen molar-refractivity contribution in [3.63, 3.8) is 0 Å². The maximum atomic E-state index is 13.8. The predicted octanol–water partition coefficient (Wildman–Crippen LogP) is -3.04. The van der Waals surface area contributed by atoms with Crippen LogP contribution in [0, 0.1) is 0 Å². The van der Waals surface area contributed by atoms with Gasteiger partial charge in [0.25, 0.3) is 0 Å². The molecule has 8 N–H and O–H groups in total. The summed E-state index contributed by atoms with van der Waals surface area (Å²) in [5.74, 6) is -4.36. The molecular formula is C10H23FIN2O4-. The largest absolute Gasteiger partial charge is 0.369 e. The summed E-state index contributed by atoms with van der Waals surface area (Å²) in [6.45, 7) is 5.41. The molecule has 0 rings (SSSR count). The molecular weight excluding hydrogens is 358 g/mol. The van der Waals surface area contributed by atoms with E-state index in [4.69, 9.17) is 0 Å². The summed E-state index contributed by atoms with van der Waals surface area (Å²) in [5.41, 5.74) is 0. The van der Waals surface area contributed by atoms with Crippen molar-refractivity contribution in [1.82, 2.24) is 12.3 Å². The average molecular weight is 381 g/mol. The predicted molar refractivity (Wildman–Crippen MR) is 59.4 cm³/mol. The van der Waals surface area contributed by atoms with Gasteiger partial charge in [-0.3, -0.25) is 0 Å². The van der Waals surface area contributed by atoms with Crippen molar-refractivity contribution < 1.29 is 45.4 Å². The number of hydrogen-bond acceptors (Lipinski definition) is 4. The first kappa shape index (κ1) is 22.7. The van der Waals surface area contributed by atoms with E-state index in [1.165, 1.54) is 0 Å². The minimum absolute atomic E-state index is 0. The Balaban J connectivity index is -0.00000112. The fourth-order valence-electron chi connectivity index (χ4n) is 1.39. The number of rotatable bonds is 7. The van der Waals surface area contributed by atoms with Crippen LogP contribution in [0.1, 0.15) is 40.0 Å². The number of alkyl halides is 3. The molecule has 0 amide bonds. The van der Waals surface area contributed by atoms with Gasteiger partial charge in [-0.1, -0.05) is 0 Å². The molecule has 0 heterocycles. The first-order chi connectivity index (χ1) is 7.28. The van der Waals surface area contributed by atoms with Crippen LogP contribution >= 0.6 is 0 Å². The van der Waals surface area contributed by atoms with E-state index in [0.29, 0.717) is 19.3 Å². The number of aliphatic carboxylic acids is 2. The average Bonchev–Trinajstić information content (AvgIpc) is 2.25. The minimum Gasteiger partial charge on any atom is -0.369 e. The van der Waals surface area contributed by atoms with Crippen molar-refractivity contribution >= 4 is 11.9 Å². The smallest absolute Gasteiger partial charge is 0.369 e. The third kappa shape index (κ3) is 4.65. The number of carboxylic acids is 2. The van der Waals surface area contributed by atoms with Crippen LogP contribution in [0.25, 0.3) is 0 Å². The Morgan fingerprint density at radius 2 is 1.28 bits per heavy atom. The van der Waals surface area contributed by atoms with E-state index in [1.807, 2.05) is 0 Å². The summed E-state index contributed by atoms with van der Waals surface area (Å²) in [7, 11) is 0. The van der Waals surface area contributed by atoms with Gasteiger partial charge >= 0.3 is 104 Å². The van der Waals surface area contributed by atoms with Crippen molar-refractivity contribution in [3.05, 3.63) is 0 Å². The van der Waals surface area contributed by atoms with Gasteiger partial charge in [-0.05, 0) is 0 Å². The van der Waals surface area contributed by atoms with Gasteiger partial charge in [0.15, 0.2) is 0 Å². The standard InChI is InChI=1S/C10H17FIO4.2H3N/c1-4-9(5-2,6-3)12-10(11,7(13)14)8(15)16;;/h4-6H2,1-3H3,(H,13,14)(H,15,16);2*1H3/q-1;;. The Labute approximate surface area is 117 Å². The zero-order valence-electron chi connectivity index (χ0n) is 11.5. The first-order valence-corrected chi connectivity index (χ1v) is 7.22. The van der Waals surface area contributed by atoms with Gasteiger partial charge in [0.05, 0.1) is 0 Å². The molecule has 18 heavy (non-hydrogen) atoms. The molecule has 112 valence electrons. The molecule has 0 aliphatic rings. The van der Waals surface area contributed by atoms with Crippen LogP contribution in [0.2, 0.25) is 0 Å². The minimum atomic E-state index is -3.29. The summed E-state index contributed by atoms with van der Waals surface area (Å²) < 4.78 is 9.99. The molecule has 0 spiro atoms. The van der Waals surface area contributed by atoms with Crippen molar-refractivity contribution in [2.24, 2.45) is 0 Å². The maximum absolute atomic E-state index is 13.8. The molecule has 0 atom stereocenters. The van der Waals surface area contributed by atoms with Crippen molar-refractivity contribution in [2.45, 2.75) is 47.1 Å². The zero-order valence-corrected chi connectivity index (χ0v) is 13.7. The van der Waals surface area contributed by atoms with Gasteiger partial charge in [0, 0.05) is 0 Å². The molecule has 0 aromatic carbocycles. The van der Waals surface area contributed by atoms with E-state index >= 15 is 0 Å². The Kier molecular flexibility index (Phi) is 10.8. The second-order valence-electron chi connectivity index (χ2n) is 3.46. The molecule has 0 aromatic heterocycles. The normalized spacial score (nSPS) is 11.3. The van der Waals surface area contributed by atoms with E-state index in [2.05, 4.69) is 0 Å². The van der Waals surface area contributed by atoms with Gasteiger partial charge < -0.3 is 12.3 Å². The summed E-state index contributed by atoms with van der Waals surface area (Å²) in [6.07, 6.45) is 1.67. The number of quaternary nitrogens is 2.